The lowest BCUT2D eigenvalue weighted by Gasteiger charge is -2.21. The van der Waals surface area contributed by atoms with Crippen LogP contribution in [0.1, 0.15) is 49.4 Å². The predicted octanol–water partition coefficient (Wildman–Crippen LogP) is 1.93. The molecule has 5 nitrogen and oxygen atoms in total. The van der Waals surface area contributed by atoms with Crippen LogP contribution in [0.3, 0.4) is 0 Å². The van der Waals surface area contributed by atoms with Gasteiger partial charge in [-0.2, -0.15) is 0 Å². The molecule has 1 unspecified atom stereocenters. The standard InChI is InChI=1S/C16H26N4O/c1-2-3-7-13(12-17)19-16(21)14-8-6-9-18-15(14)20-10-4-5-11-20/h6,8-9,13H,2-5,7,10-12,17H2,1H3,(H,19,21). The van der Waals surface area contributed by atoms with E-state index in [9.17, 15) is 4.79 Å². The van der Waals surface area contributed by atoms with Crippen molar-refractivity contribution < 1.29 is 4.79 Å². The summed E-state index contributed by atoms with van der Waals surface area (Å²) in [4.78, 5) is 19.1. The molecule has 1 saturated heterocycles. The van der Waals surface area contributed by atoms with E-state index in [1.165, 1.54) is 12.8 Å². The number of nitrogens with one attached hydrogen (secondary N) is 1. The highest BCUT2D eigenvalue weighted by molar-refractivity contribution is 5.99. The van der Waals surface area contributed by atoms with E-state index in [1.807, 2.05) is 12.1 Å². The maximum absolute atomic E-state index is 12.5. The topological polar surface area (TPSA) is 71.2 Å². The smallest absolute Gasteiger partial charge is 0.255 e. The van der Waals surface area contributed by atoms with Crippen LogP contribution in [0, 0.1) is 0 Å². The molecule has 2 heterocycles. The van der Waals surface area contributed by atoms with Gasteiger partial charge >= 0.3 is 0 Å². The van der Waals surface area contributed by atoms with Gasteiger partial charge in [0, 0.05) is 31.9 Å². The van der Waals surface area contributed by atoms with Crippen LogP contribution in [0.4, 0.5) is 5.82 Å². The van der Waals surface area contributed by atoms with Crippen molar-refractivity contribution in [1.29, 1.82) is 0 Å². The van der Waals surface area contributed by atoms with Crippen LogP contribution in [-0.4, -0.2) is 36.6 Å². The SMILES string of the molecule is CCCCC(CN)NC(=O)c1cccnc1N1CCCC1. The molecule has 0 aromatic carbocycles. The number of nitrogens with zero attached hydrogens (tertiary/aromatic N) is 2. The summed E-state index contributed by atoms with van der Waals surface area (Å²) in [5.74, 6) is 0.746. The second kappa shape index (κ2) is 7.98. The maximum Gasteiger partial charge on any atom is 0.255 e. The van der Waals surface area contributed by atoms with Gasteiger partial charge in [-0.25, -0.2) is 4.98 Å². The average molecular weight is 290 g/mol. The van der Waals surface area contributed by atoms with Gasteiger partial charge in [0.15, 0.2) is 0 Å². The molecule has 0 saturated carbocycles. The van der Waals surface area contributed by atoms with Gasteiger partial charge in [0.1, 0.15) is 5.82 Å². The summed E-state index contributed by atoms with van der Waals surface area (Å²) >= 11 is 0. The fraction of sp³-hybridized carbons (Fsp3) is 0.625. The number of hydrogen-bond donors (Lipinski definition) is 2. The molecule has 0 spiro atoms. The van der Waals surface area contributed by atoms with Crippen molar-refractivity contribution in [3.63, 3.8) is 0 Å². The van der Waals surface area contributed by atoms with E-state index >= 15 is 0 Å². The molecule has 1 amide bonds. The predicted molar refractivity (Wildman–Crippen MR) is 85.5 cm³/mol. The number of rotatable bonds is 7. The molecule has 1 atom stereocenters. The first-order valence-electron chi connectivity index (χ1n) is 7.97. The monoisotopic (exact) mass is 290 g/mol. The summed E-state index contributed by atoms with van der Waals surface area (Å²) in [5.41, 5.74) is 6.42. The summed E-state index contributed by atoms with van der Waals surface area (Å²) in [6.07, 6.45) is 7.20. The van der Waals surface area contributed by atoms with Crippen molar-refractivity contribution in [1.82, 2.24) is 10.3 Å². The Bertz CT molecular complexity index is 457. The van der Waals surface area contributed by atoms with E-state index in [0.717, 1.165) is 38.2 Å². The van der Waals surface area contributed by atoms with Crippen LogP contribution in [0.25, 0.3) is 0 Å². The molecule has 3 N–H and O–H groups in total. The summed E-state index contributed by atoms with van der Waals surface area (Å²) in [7, 11) is 0. The molecule has 1 aliphatic heterocycles. The van der Waals surface area contributed by atoms with Gasteiger partial charge in [0.25, 0.3) is 5.91 Å². The minimum Gasteiger partial charge on any atom is -0.356 e. The lowest BCUT2D eigenvalue weighted by Crippen LogP contribution is -2.40. The summed E-state index contributed by atoms with van der Waals surface area (Å²) in [6.45, 7) is 4.58. The molecular formula is C16H26N4O. The number of nitrogens with two attached hydrogens (primary N) is 1. The minimum absolute atomic E-state index is 0.0454. The van der Waals surface area contributed by atoms with Gasteiger partial charge in [-0.05, 0) is 31.4 Å². The van der Waals surface area contributed by atoms with Gasteiger partial charge in [-0.15, -0.1) is 0 Å². The molecule has 1 aliphatic rings. The van der Waals surface area contributed by atoms with Crippen LogP contribution < -0.4 is 16.0 Å². The third-order valence-electron chi connectivity index (χ3n) is 3.96. The highest BCUT2D eigenvalue weighted by atomic mass is 16.1. The highest BCUT2D eigenvalue weighted by Gasteiger charge is 2.21. The summed E-state index contributed by atoms with van der Waals surface area (Å²) < 4.78 is 0. The van der Waals surface area contributed by atoms with Crippen molar-refractivity contribution in [2.45, 2.75) is 45.1 Å². The number of amides is 1. The third-order valence-corrected chi connectivity index (χ3v) is 3.96. The molecule has 2 rings (SSSR count). The highest BCUT2D eigenvalue weighted by Crippen LogP contribution is 2.22. The number of carbonyl (C=O) groups excluding carboxylic acids is 1. The van der Waals surface area contributed by atoms with Crippen molar-refractivity contribution in [3.8, 4) is 0 Å². The van der Waals surface area contributed by atoms with E-state index < -0.39 is 0 Å². The summed E-state index contributed by atoms with van der Waals surface area (Å²) in [6, 6.07) is 3.71. The average Bonchev–Trinajstić information content (AvgIpc) is 3.05. The zero-order chi connectivity index (χ0) is 15.1. The van der Waals surface area contributed by atoms with Crippen LogP contribution in [-0.2, 0) is 0 Å². The zero-order valence-corrected chi connectivity index (χ0v) is 12.8. The van der Waals surface area contributed by atoms with Crippen molar-refractivity contribution in [2.24, 2.45) is 5.73 Å². The van der Waals surface area contributed by atoms with Crippen molar-refractivity contribution >= 4 is 11.7 Å². The first-order valence-corrected chi connectivity index (χ1v) is 7.97. The van der Waals surface area contributed by atoms with E-state index in [-0.39, 0.29) is 11.9 Å². The summed E-state index contributed by atoms with van der Waals surface area (Å²) in [5, 5.41) is 3.05. The number of hydrogen-bond acceptors (Lipinski definition) is 4. The first kappa shape index (κ1) is 15.8. The molecule has 0 aliphatic carbocycles. The normalized spacial score (nSPS) is 16.0. The molecule has 21 heavy (non-hydrogen) atoms. The quantitative estimate of drug-likeness (QED) is 0.805. The fourth-order valence-electron chi connectivity index (χ4n) is 2.72. The Hall–Kier alpha value is -1.62. The first-order chi connectivity index (χ1) is 10.3. The van der Waals surface area contributed by atoms with Crippen LogP contribution in [0.5, 0.6) is 0 Å². The van der Waals surface area contributed by atoms with E-state index in [1.54, 1.807) is 6.20 Å². The van der Waals surface area contributed by atoms with Crippen LogP contribution in [0.15, 0.2) is 18.3 Å². The number of unbranched alkanes of at least 4 members (excludes halogenated alkanes) is 1. The minimum atomic E-state index is -0.0587. The number of carbonyl (C=O) groups is 1. The van der Waals surface area contributed by atoms with E-state index in [2.05, 4.69) is 22.1 Å². The third kappa shape index (κ3) is 4.17. The van der Waals surface area contributed by atoms with Gasteiger partial charge in [0.2, 0.25) is 0 Å². The molecule has 1 fully saturated rings. The molecular weight excluding hydrogens is 264 g/mol. The number of anilines is 1. The Kier molecular flexibility index (Phi) is 5.99. The zero-order valence-electron chi connectivity index (χ0n) is 12.8. The maximum atomic E-state index is 12.5. The molecule has 1 aromatic rings. The van der Waals surface area contributed by atoms with Crippen LogP contribution in [0.2, 0.25) is 0 Å². The van der Waals surface area contributed by atoms with Gasteiger partial charge in [0.05, 0.1) is 5.56 Å². The van der Waals surface area contributed by atoms with Gasteiger partial charge in [-0.1, -0.05) is 19.8 Å². The van der Waals surface area contributed by atoms with Crippen molar-refractivity contribution in [3.05, 3.63) is 23.9 Å². The molecule has 0 radical (unpaired) electrons. The van der Waals surface area contributed by atoms with E-state index in [0.29, 0.717) is 12.1 Å². The van der Waals surface area contributed by atoms with Gasteiger partial charge in [-0.3, -0.25) is 4.79 Å². The second-order valence-corrected chi connectivity index (χ2v) is 5.62. The Balaban J connectivity index is 2.07. The molecule has 1 aromatic heterocycles. The van der Waals surface area contributed by atoms with Crippen LogP contribution >= 0.6 is 0 Å². The second-order valence-electron chi connectivity index (χ2n) is 5.62. The number of pyridine rings is 1. The molecule has 116 valence electrons. The Morgan fingerprint density at radius 1 is 1.48 bits per heavy atom. The lowest BCUT2D eigenvalue weighted by atomic mass is 10.1. The Morgan fingerprint density at radius 3 is 2.90 bits per heavy atom. The Labute approximate surface area is 126 Å². The lowest BCUT2D eigenvalue weighted by molar-refractivity contribution is 0.0936. The fourth-order valence-corrected chi connectivity index (χ4v) is 2.72. The molecule has 5 heteroatoms. The number of aromatic nitrogens is 1. The largest absolute Gasteiger partial charge is 0.356 e. The van der Waals surface area contributed by atoms with Gasteiger partial charge < -0.3 is 16.0 Å². The Morgan fingerprint density at radius 2 is 2.24 bits per heavy atom. The van der Waals surface area contributed by atoms with E-state index in [4.69, 9.17) is 5.73 Å². The van der Waals surface area contributed by atoms with Crippen molar-refractivity contribution in [2.75, 3.05) is 24.5 Å². The molecule has 0 bridgehead atoms.